The first-order valence-corrected chi connectivity index (χ1v) is 24.2. The van der Waals surface area contributed by atoms with Gasteiger partial charge in [0, 0.05) is 35.6 Å². The number of nitrogens with one attached hydrogen (secondary N) is 1. The van der Waals surface area contributed by atoms with Gasteiger partial charge >= 0.3 is 23.5 Å². The largest absolute Gasteiger partial charge is 0.490 e. The standard InChI is InChI=1S/C31H51N4O17P3S2/c1-31(2,24-33-30(36)12-14-44-16-18-46-20-21-47-19-17-45-15-13-34-35-32)57-56-25-48-28-22-27(26-10-8-6-4-3-5-7-9-11-26)50-29(28)23-49-54(40,41)52-55(42,43)51-53(37,38)39/h3-11,27-29H,12-25H2,1-2H3,(H,33,36)(H,40,41)(H,42,43)(H2,37,38,39)/t27-,28?,29-/m1/s1. The van der Waals surface area contributed by atoms with E-state index in [0.29, 0.717) is 59.2 Å². The zero-order valence-electron chi connectivity index (χ0n) is 31.4. The van der Waals surface area contributed by atoms with Gasteiger partial charge in [-0.3, -0.25) is 9.32 Å². The van der Waals surface area contributed by atoms with Crippen molar-refractivity contribution in [1.82, 2.24) is 5.32 Å². The molecule has 57 heavy (non-hydrogen) atoms. The molecule has 0 aromatic heterocycles. The van der Waals surface area contributed by atoms with Crippen molar-refractivity contribution in [3.05, 3.63) is 70.6 Å². The van der Waals surface area contributed by atoms with Crippen molar-refractivity contribution in [2.24, 2.45) is 5.11 Å². The van der Waals surface area contributed by atoms with E-state index >= 15 is 0 Å². The summed E-state index contributed by atoms with van der Waals surface area (Å²) in [6.07, 6.45) is -1.78. The van der Waals surface area contributed by atoms with Crippen LogP contribution in [0.5, 0.6) is 0 Å². The molecule has 1 heterocycles. The Morgan fingerprint density at radius 2 is 1.44 bits per heavy atom. The summed E-state index contributed by atoms with van der Waals surface area (Å²) in [7, 11) is -13.8. The molecule has 324 valence electrons. The first kappa shape index (κ1) is 51.5. The molecule has 1 aliphatic heterocycles. The number of carbonyl (C=O) groups excluding carboxylic acids is 1. The Kier molecular flexibility index (Phi) is 25.3. The highest BCUT2D eigenvalue weighted by Gasteiger charge is 2.43. The Labute approximate surface area is 338 Å². The second-order valence-electron chi connectivity index (χ2n) is 12.2. The van der Waals surface area contributed by atoms with Gasteiger partial charge in [0.25, 0.3) is 0 Å². The zero-order chi connectivity index (χ0) is 42.0. The van der Waals surface area contributed by atoms with Gasteiger partial charge < -0.3 is 53.3 Å². The molecule has 26 heteroatoms. The predicted molar refractivity (Wildman–Crippen MR) is 210 cm³/mol. The molecule has 0 radical (unpaired) electrons. The van der Waals surface area contributed by atoms with Crippen molar-refractivity contribution in [3.8, 4) is 0 Å². The van der Waals surface area contributed by atoms with Gasteiger partial charge in [-0.15, -0.1) is 0 Å². The smallest absolute Gasteiger partial charge is 0.379 e. The summed E-state index contributed by atoms with van der Waals surface area (Å²) in [6, 6.07) is 16.4. The Morgan fingerprint density at radius 1 is 0.877 bits per heavy atom. The van der Waals surface area contributed by atoms with Gasteiger partial charge in [0.1, 0.15) is 12.0 Å². The second-order valence-corrected chi connectivity index (χ2v) is 19.6. The molecule has 0 spiro atoms. The van der Waals surface area contributed by atoms with Gasteiger partial charge in [-0.2, -0.15) is 8.62 Å². The van der Waals surface area contributed by atoms with Gasteiger partial charge in [-0.05, 0) is 24.9 Å². The van der Waals surface area contributed by atoms with Crippen LogP contribution in [0, 0.1) is 0 Å². The molecular weight excluding hydrogens is 857 g/mol. The monoisotopic (exact) mass is 908 g/mol. The lowest BCUT2D eigenvalue weighted by Crippen LogP contribution is -2.36. The Bertz CT molecular complexity index is 1570. The molecule has 1 amide bonds. The third-order valence-electron chi connectivity index (χ3n) is 6.95. The van der Waals surface area contributed by atoms with Crippen LogP contribution in [-0.4, -0.2) is 121 Å². The maximum absolute atomic E-state index is 12.4. The Morgan fingerprint density at radius 3 is 2.02 bits per heavy atom. The van der Waals surface area contributed by atoms with Crippen LogP contribution in [0.3, 0.4) is 0 Å². The lowest BCUT2D eigenvalue weighted by atomic mass is 10.1. The number of amides is 1. The third-order valence-corrected chi connectivity index (χ3v) is 13.7. The summed E-state index contributed by atoms with van der Waals surface area (Å²) in [5, 5.41) is 6.25. The molecule has 21 nitrogen and oxygen atoms in total. The van der Waals surface area contributed by atoms with E-state index in [2.05, 4.69) is 24.0 Å². The Balaban J connectivity index is 1.77. The van der Waals surface area contributed by atoms with Crippen LogP contribution in [0.15, 0.2) is 59.7 Å². The van der Waals surface area contributed by atoms with Crippen LogP contribution in [0.25, 0.3) is 10.4 Å². The van der Waals surface area contributed by atoms with E-state index in [4.69, 9.17) is 48.3 Å². The van der Waals surface area contributed by atoms with Crippen molar-refractivity contribution in [1.29, 1.82) is 0 Å². The number of azide groups is 1. The summed E-state index contributed by atoms with van der Waals surface area (Å²) in [5.41, 5.74) is 8.93. The highest BCUT2D eigenvalue weighted by Crippen LogP contribution is 2.66. The van der Waals surface area contributed by atoms with E-state index in [9.17, 15) is 28.3 Å². The SMILES string of the molecule is CC(C)(CNC(=O)CCOCCOCCOCCOCCN=[N+]=[N-])SSCOC1C[C@H](c2ccccccccc2)O[C@@H]1COP(=O)(O)OP(=O)(O)OP(=O)(O)O. The molecule has 1 aromatic rings. The van der Waals surface area contributed by atoms with Crippen molar-refractivity contribution in [3.63, 3.8) is 0 Å². The number of rotatable bonds is 30. The summed E-state index contributed by atoms with van der Waals surface area (Å²) in [5.74, 6) is -0.0490. The molecule has 5 atom stereocenters. The van der Waals surface area contributed by atoms with Gasteiger partial charge in [0.2, 0.25) is 5.91 Å². The first-order chi connectivity index (χ1) is 27.0. The minimum absolute atomic E-state index is 0.132. The number of phosphoric acid groups is 3. The van der Waals surface area contributed by atoms with Crippen molar-refractivity contribution in [2.75, 3.05) is 78.5 Å². The lowest BCUT2D eigenvalue weighted by molar-refractivity contribution is -0.122. The van der Waals surface area contributed by atoms with Gasteiger partial charge in [0.05, 0.1) is 71.7 Å². The van der Waals surface area contributed by atoms with Crippen LogP contribution >= 0.6 is 45.1 Å². The molecule has 2 rings (SSSR count). The third kappa shape index (κ3) is 26.2. The van der Waals surface area contributed by atoms with Crippen LogP contribution in [0.4, 0.5) is 0 Å². The molecule has 5 N–H and O–H groups in total. The fraction of sp³-hybridized carbons (Fsp3) is 0.645. The number of nitrogens with zero attached hydrogens (tertiary/aromatic N) is 3. The topological polar surface area (TPSA) is 293 Å². The molecule has 3 unspecified atom stereocenters. The fourth-order valence-corrected chi connectivity index (χ4v) is 9.66. The Hall–Kier alpha value is -1.65. The van der Waals surface area contributed by atoms with Crippen LogP contribution in [-0.2, 0) is 60.1 Å². The van der Waals surface area contributed by atoms with Crippen molar-refractivity contribution in [2.45, 2.75) is 49.7 Å². The average molecular weight is 909 g/mol. The highest BCUT2D eigenvalue weighted by atomic mass is 33.1. The quantitative estimate of drug-likeness (QED) is 0.0123. The fourth-order valence-electron chi connectivity index (χ4n) is 4.45. The molecule has 1 saturated heterocycles. The molecule has 1 fully saturated rings. The summed E-state index contributed by atoms with van der Waals surface area (Å²) in [6.45, 7) is 6.63. The van der Waals surface area contributed by atoms with E-state index in [1.807, 2.05) is 68.4 Å². The minimum Gasteiger partial charge on any atom is -0.379 e. The number of carbonyl (C=O) groups is 1. The molecule has 1 aromatic carbocycles. The number of phosphoric ester groups is 1. The molecule has 0 bridgehead atoms. The van der Waals surface area contributed by atoms with E-state index in [0.717, 1.165) is 5.56 Å². The van der Waals surface area contributed by atoms with Crippen LogP contribution in [0.2, 0.25) is 0 Å². The van der Waals surface area contributed by atoms with E-state index in [1.165, 1.54) is 21.6 Å². The summed E-state index contributed by atoms with van der Waals surface area (Å²) < 4.78 is 80.9. The molecule has 0 aliphatic carbocycles. The first-order valence-electron chi connectivity index (χ1n) is 17.3. The van der Waals surface area contributed by atoms with Crippen molar-refractivity contribution < 1.29 is 79.6 Å². The number of hydrogen-bond donors (Lipinski definition) is 5. The predicted octanol–water partition coefficient (Wildman–Crippen LogP) is 5.37. The highest BCUT2D eigenvalue weighted by molar-refractivity contribution is 8.77. The molecule has 0 saturated carbocycles. The summed E-state index contributed by atoms with van der Waals surface area (Å²) >= 11 is 0. The van der Waals surface area contributed by atoms with Gasteiger partial charge in [-0.1, -0.05) is 81.3 Å². The van der Waals surface area contributed by atoms with Crippen molar-refractivity contribution >= 4 is 51.0 Å². The van der Waals surface area contributed by atoms with Gasteiger partial charge in [-0.25, -0.2) is 13.7 Å². The molecular formula is C31H51N4O17P3S2. The van der Waals surface area contributed by atoms with Gasteiger partial charge in [0.15, 0.2) is 0 Å². The minimum atomic E-state index is -5.70. The van der Waals surface area contributed by atoms with E-state index in [-0.39, 0.29) is 31.4 Å². The normalized spacial score (nSPS) is 19.2. The van der Waals surface area contributed by atoms with E-state index < -0.39 is 53.1 Å². The van der Waals surface area contributed by atoms with Crippen LogP contribution in [0.1, 0.15) is 38.4 Å². The van der Waals surface area contributed by atoms with E-state index in [1.54, 1.807) is 0 Å². The maximum atomic E-state index is 12.4. The molecule has 1 aliphatic rings. The lowest BCUT2D eigenvalue weighted by Gasteiger charge is -2.24. The second kappa shape index (κ2) is 28.0. The number of hydrogen-bond acceptors (Lipinski definition) is 16. The van der Waals surface area contributed by atoms with Crippen LogP contribution < -0.4 is 5.32 Å². The zero-order valence-corrected chi connectivity index (χ0v) is 35.7. The average Bonchev–Trinajstić information content (AvgIpc) is 3.53. The summed E-state index contributed by atoms with van der Waals surface area (Å²) in [4.78, 5) is 52.1. The maximum Gasteiger partial charge on any atom is 0.490 e. The number of ether oxygens (including phenoxy) is 6.